The van der Waals surface area contributed by atoms with Crippen LogP contribution in [0.15, 0.2) is 24.3 Å². The summed E-state index contributed by atoms with van der Waals surface area (Å²) in [4.78, 5) is 0. The predicted molar refractivity (Wildman–Crippen MR) is 62.6 cm³/mol. The van der Waals surface area contributed by atoms with Crippen molar-refractivity contribution in [2.75, 3.05) is 0 Å². The first kappa shape index (κ1) is 13.1. The van der Waals surface area contributed by atoms with Crippen LogP contribution in [-0.2, 0) is 6.54 Å². The van der Waals surface area contributed by atoms with E-state index >= 15 is 0 Å². The maximum absolute atomic E-state index is 12.3. The van der Waals surface area contributed by atoms with Crippen LogP contribution in [0.1, 0.15) is 44.7 Å². The number of rotatable bonds is 5. The third-order valence-corrected chi connectivity index (χ3v) is 2.89. The largest absolute Gasteiger partial charge is 0.308 e. The molecule has 0 atom stereocenters. The average molecular weight is 227 g/mol. The van der Waals surface area contributed by atoms with Crippen LogP contribution < -0.4 is 5.32 Å². The first-order chi connectivity index (χ1) is 7.44. The number of hydrogen-bond donors (Lipinski definition) is 1. The van der Waals surface area contributed by atoms with Gasteiger partial charge in [-0.3, -0.25) is 0 Å². The summed E-state index contributed by atoms with van der Waals surface area (Å²) in [7, 11) is 0. The zero-order valence-corrected chi connectivity index (χ0v) is 10.1. The molecule has 0 radical (unpaired) electrons. The minimum atomic E-state index is -2.38. The molecule has 0 amide bonds. The lowest BCUT2D eigenvalue weighted by molar-refractivity contribution is 0.151. The molecule has 0 aliphatic carbocycles. The van der Waals surface area contributed by atoms with E-state index in [1.807, 2.05) is 0 Å². The fourth-order valence-corrected chi connectivity index (χ4v) is 1.25. The molecule has 1 rings (SSSR count). The third kappa shape index (κ3) is 3.89. The molecule has 0 aromatic heterocycles. The van der Waals surface area contributed by atoms with Crippen LogP contribution in [0.2, 0.25) is 0 Å². The summed E-state index contributed by atoms with van der Waals surface area (Å²) >= 11 is 0. The zero-order chi connectivity index (χ0) is 12.2. The number of alkyl halides is 2. The van der Waals surface area contributed by atoms with Crippen molar-refractivity contribution in [3.05, 3.63) is 35.4 Å². The molecular weight excluding hydrogens is 208 g/mol. The van der Waals surface area contributed by atoms with E-state index in [1.54, 1.807) is 12.1 Å². The first-order valence-electron chi connectivity index (χ1n) is 5.56. The molecule has 90 valence electrons. The minimum absolute atomic E-state index is 0.0819. The fraction of sp³-hybridized carbons (Fsp3) is 0.538. The fourth-order valence-electron chi connectivity index (χ4n) is 1.25. The van der Waals surface area contributed by atoms with Gasteiger partial charge in [0.25, 0.3) is 6.43 Å². The first-order valence-corrected chi connectivity index (χ1v) is 5.56. The predicted octanol–water partition coefficient (Wildman–Crippen LogP) is 3.90. The van der Waals surface area contributed by atoms with Crippen molar-refractivity contribution in [2.24, 2.45) is 0 Å². The van der Waals surface area contributed by atoms with E-state index in [0.717, 1.165) is 12.0 Å². The van der Waals surface area contributed by atoms with Crippen molar-refractivity contribution < 1.29 is 8.78 Å². The number of benzene rings is 1. The van der Waals surface area contributed by atoms with Gasteiger partial charge in [0.05, 0.1) is 0 Å². The molecule has 3 heteroatoms. The lowest BCUT2D eigenvalue weighted by Crippen LogP contribution is -2.37. The van der Waals surface area contributed by atoms with Crippen molar-refractivity contribution in [3.8, 4) is 0 Å². The molecule has 0 saturated heterocycles. The van der Waals surface area contributed by atoms with E-state index in [9.17, 15) is 8.78 Å². The van der Waals surface area contributed by atoms with Gasteiger partial charge in [-0.15, -0.1) is 0 Å². The summed E-state index contributed by atoms with van der Waals surface area (Å²) in [5, 5.41) is 3.39. The Morgan fingerprint density at radius 3 is 2.19 bits per heavy atom. The van der Waals surface area contributed by atoms with E-state index in [1.165, 1.54) is 12.1 Å². The molecule has 0 unspecified atom stereocenters. The Bertz CT molecular complexity index is 317. The average Bonchev–Trinajstić information content (AvgIpc) is 2.27. The second kappa shape index (κ2) is 5.39. The highest BCUT2D eigenvalue weighted by Crippen LogP contribution is 2.19. The number of halogens is 2. The normalized spacial score (nSPS) is 12.1. The van der Waals surface area contributed by atoms with Crippen LogP contribution in [0.4, 0.5) is 8.78 Å². The standard InChI is InChI=1S/C13H19F2N/c1-4-13(2,3)16-9-10-5-7-11(8-6-10)12(14)15/h5-8,12,16H,4,9H2,1-3H3. The quantitative estimate of drug-likeness (QED) is 0.804. The van der Waals surface area contributed by atoms with Crippen molar-refractivity contribution >= 4 is 0 Å². The topological polar surface area (TPSA) is 12.0 Å². The molecule has 1 aromatic carbocycles. The Labute approximate surface area is 95.9 Å². The molecule has 0 fully saturated rings. The van der Waals surface area contributed by atoms with Gasteiger partial charge in [0.15, 0.2) is 0 Å². The summed E-state index contributed by atoms with van der Waals surface area (Å²) in [5.74, 6) is 0. The molecule has 1 nitrogen and oxygen atoms in total. The molecule has 0 spiro atoms. The van der Waals surface area contributed by atoms with Gasteiger partial charge in [0.1, 0.15) is 0 Å². The molecule has 0 aliphatic rings. The number of nitrogens with one attached hydrogen (secondary N) is 1. The van der Waals surface area contributed by atoms with E-state index in [-0.39, 0.29) is 11.1 Å². The van der Waals surface area contributed by atoms with E-state index in [0.29, 0.717) is 6.54 Å². The summed E-state index contributed by atoms with van der Waals surface area (Å²) in [5.41, 5.74) is 1.20. The van der Waals surface area contributed by atoms with Crippen molar-refractivity contribution in [3.63, 3.8) is 0 Å². The smallest absolute Gasteiger partial charge is 0.263 e. The Morgan fingerprint density at radius 1 is 1.19 bits per heavy atom. The highest BCUT2D eigenvalue weighted by atomic mass is 19.3. The monoisotopic (exact) mass is 227 g/mol. The van der Waals surface area contributed by atoms with E-state index in [4.69, 9.17) is 0 Å². The molecule has 0 bridgehead atoms. The molecule has 1 aromatic rings. The Balaban J connectivity index is 2.56. The summed E-state index contributed by atoms with van der Waals surface area (Å²) < 4.78 is 24.6. The lowest BCUT2D eigenvalue weighted by atomic mass is 10.0. The maximum atomic E-state index is 12.3. The second-order valence-corrected chi connectivity index (χ2v) is 4.63. The van der Waals surface area contributed by atoms with Crippen molar-refractivity contribution in [2.45, 2.75) is 45.7 Å². The van der Waals surface area contributed by atoms with Crippen LogP contribution in [0.5, 0.6) is 0 Å². The van der Waals surface area contributed by atoms with Gasteiger partial charge in [-0.1, -0.05) is 31.2 Å². The Kier molecular flexibility index (Phi) is 4.42. The SMILES string of the molecule is CCC(C)(C)NCc1ccc(C(F)F)cc1. The van der Waals surface area contributed by atoms with Gasteiger partial charge in [-0.05, 0) is 25.8 Å². The summed E-state index contributed by atoms with van der Waals surface area (Å²) in [6, 6.07) is 6.47. The van der Waals surface area contributed by atoms with Gasteiger partial charge in [-0.25, -0.2) is 8.78 Å². The van der Waals surface area contributed by atoms with Crippen LogP contribution in [0.25, 0.3) is 0 Å². The van der Waals surface area contributed by atoms with E-state index < -0.39 is 6.43 Å². The maximum Gasteiger partial charge on any atom is 0.263 e. The van der Waals surface area contributed by atoms with Gasteiger partial charge >= 0.3 is 0 Å². The summed E-state index contributed by atoms with van der Waals surface area (Å²) in [6.45, 7) is 7.08. The molecular formula is C13H19F2N. The van der Waals surface area contributed by atoms with Crippen LogP contribution in [0, 0.1) is 0 Å². The highest BCUT2D eigenvalue weighted by molar-refractivity contribution is 5.23. The van der Waals surface area contributed by atoms with Crippen molar-refractivity contribution in [1.29, 1.82) is 0 Å². The van der Waals surface area contributed by atoms with Gasteiger partial charge in [-0.2, -0.15) is 0 Å². The highest BCUT2D eigenvalue weighted by Gasteiger charge is 2.13. The van der Waals surface area contributed by atoms with Crippen LogP contribution in [0.3, 0.4) is 0 Å². The second-order valence-electron chi connectivity index (χ2n) is 4.63. The zero-order valence-electron chi connectivity index (χ0n) is 10.1. The molecule has 0 heterocycles. The van der Waals surface area contributed by atoms with Gasteiger partial charge < -0.3 is 5.32 Å². The lowest BCUT2D eigenvalue weighted by Gasteiger charge is -2.24. The molecule has 16 heavy (non-hydrogen) atoms. The van der Waals surface area contributed by atoms with E-state index in [2.05, 4.69) is 26.1 Å². The van der Waals surface area contributed by atoms with Crippen LogP contribution >= 0.6 is 0 Å². The molecule has 0 aliphatic heterocycles. The summed E-state index contributed by atoms with van der Waals surface area (Å²) in [6.07, 6.45) is -1.35. The number of hydrogen-bond acceptors (Lipinski definition) is 1. The third-order valence-electron chi connectivity index (χ3n) is 2.89. The Morgan fingerprint density at radius 2 is 1.75 bits per heavy atom. The molecule has 0 saturated carbocycles. The van der Waals surface area contributed by atoms with Gasteiger partial charge in [0, 0.05) is 17.6 Å². The van der Waals surface area contributed by atoms with Crippen LogP contribution in [-0.4, -0.2) is 5.54 Å². The minimum Gasteiger partial charge on any atom is -0.308 e. The Hall–Kier alpha value is -0.960. The van der Waals surface area contributed by atoms with Gasteiger partial charge in [0.2, 0.25) is 0 Å². The molecule has 1 N–H and O–H groups in total. The van der Waals surface area contributed by atoms with Crippen molar-refractivity contribution in [1.82, 2.24) is 5.32 Å².